The third-order valence-corrected chi connectivity index (χ3v) is 6.99. The van der Waals surface area contributed by atoms with Crippen LogP contribution in [0.3, 0.4) is 0 Å². The second-order valence-electron chi connectivity index (χ2n) is 9.56. The van der Waals surface area contributed by atoms with Gasteiger partial charge in [-0.1, -0.05) is 5.16 Å². The van der Waals surface area contributed by atoms with Gasteiger partial charge in [0.05, 0.1) is 24.1 Å². The van der Waals surface area contributed by atoms with Crippen molar-refractivity contribution in [1.29, 1.82) is 0 Å². The lowest BCUT2D eigenvalue weighted by Gasteiger charge is -2.34. The summed E-state index contributed by atoms with van der Waals surface area (Å²) in [6.45, 7) is 7.02. The van der Waals surface area contributed by atoms with Crippen LogP contribution < -0.4 is 15.4 Å². The number of H-pyrrole nitrogens is 1. The third-order valence-electron chi connectivity index (χ3n) is 6.99. The van der Waals surface area contributed by atoms with E-state index in [0.717, 1.165) is 68.7 Å². The van der Waals surface area contributed by atoms with E-state index >= 15 is 0 Å². The Labute approximate surface area is 209 Å². The van der Waals surface area contributed by atoms with E-state index in [2.05, 4.69) is 39.8 Å². The molecular weight excluding hydrogens is 458 g/mol. The van der Waals surface area contributed by atoms with Crippen LogP contribution >= 0.6 is 0 Å². The maximum absolute atomic E-state index is 5.77. The van der Waals surface area contributed by atoms with E-state index in [0.29, 0.717) is 12.5 Å². The first-order chi connectivity index (χ1) is 17.4. The van der Waals surface area contributed by atoms with Gasteiger partial charge in [-0.3, -0.25) is 0 Å². The van der Waals surface area contributed by atoms with Gasteiger partial charge >= 0.3 is 0 Å². The fourth-order valence-electron chi connectivity index (χ4n) is 5.07. The smallest absolute Gasteiger partial charge is 0.231 e. The number of aromatic amines is 1. The highest BCUT2D eigenvalue weighted by atomic mass is 16.5. The van der Waals surface area contributed by atoms with Crippen molar-refractivity contribution in [1.82, 2.24) is 19.9 Å². The zero-order valence-electron chi connectivity index (χ0n) is 21.2. The predicted molar refractivity (Wildman–Crippen MR) is 139 cm³/mol. The molecule has 1 fully saturated rings. The van der Waals surface area contributed by atoms with Crippen LogP contribution in [-0.4, -0.2) is 52.7 Å². The summed E-state index contributed by atoms with van der Waals surface area (Å²) in [6, 6.07) is 6.25. The number of fused-ring (bicyclic) bond motifs is 3. The summed E-state index contributed by atoms with van der Waals surface area (Å²) < 4.78 is 18.8. The molecule has 1 aliphatic heterocycles. The maximum atomic E-state index is 5.77. The number of aromatic nitrogens is 4. The second kappa shape index (κ2) is 8.41. The van der Waals surface area contributed by atoms with Crippen molar-refractivity contribution in [3.8, 4) is 16.9 Å². The number of nitrogens with zero attached hydrogens (tertiary/aromatic N) is 4. The van der Waals surface area contributed by atoms with Crippen LogP contribution in [0, 0.1) is 13.8 Å². The zero-order chi connectivity index (χ0) is 25.0. The van der Waals surface area contributed by atoms with Gasteiger partial charge in [-0.15, -0.1) is 0 Å². The van der Waals surface area contributed by atoms with Crippen molar-refractivity contribution >= 4 is 28.8 Å². The molecule has 6 rings (SSSR count). The molecule has 36 heavy (non-hydrogen) atoms. The zero-order valence-corrected chi connectivity index (χ0v) is 21.2. The first-order valence-corrected chi connectivity index (χ1v) is 12.3. The average Bonchev–Trinajstić information content (AvgIpc) is 3.44. The summed E-state index contributed by atoms with van der Waals surface area (Å²) in [5.74, 6) is 2.96. The molecule has 1 atom stereocenters. The van der Waals surface area contributed by atoms with Gasteiger partial charge in [0.25, 0.3) is 0 Å². The van der Waals surface area contributed by atoms with Crippen molar-refractivity contribution < 1.29 is 14.0 Å². The number of benzene rings is 1. The van der Waals surface area contributed by atoms with Crippen molar-refractivity contribution in [3.63, 3.8) is 0 Å². The van der Waals surface area contributed by atoms with Crippen LogP contribution in [0.5, 0.6) is 5.75 Å². The number of ether oxygens (including phenoxy) is 2. The minimum atomic E-state index is -0.884. The molecule has 3 aromatic heterocycles. The Morgan fingerprint density at radius 1 is 1.22 bits per heavy atom. The summed E-state index contributed by atoms with van der Waals surface area (Å²) in [4.78, 5) is 8.45. The predicted octanol–water partition coefficient (Wildman–Crippen LogP) is 4.80. The summed E-state index contributed by atoms with van der Waals surface area (Å²) in [6.07, 6.45) is 4.30. The standard InChI is InChI=1S/C26H31N7O3/c1-6-33-23(11-20(31-33)16-7-8-16)29-26(13-34-4)27-12-19-17-10-22(35-5)18(9-21(17)28-25(19)30-26)24-14(2)32-36-15(24)3/h9-12,16,28-30H,6-8,13H2,1-5H3. The second-order valence-corrected chi connectivity index (χ2v) is 9.56. The molecule has 1 aliphatic carbocycles. The number of methoxy groups -OCH3 is 2. The molecule has 10 heteroatoms. The van der Waals surface area contributed by atoms with Crippen LogP contribution in [0.25, 0.3) is 22.0 Å². The molecular formula is C26H31N7O3. The normalized spacial score (nSPS) is 18.9. The Hall–Kier alpha value is -3.79. The molecule has 188 valence electrons. The third kappa shape index (κ3) is 3.63. The van der Waals surface area contributed by atoms with Gasteiger partial charge in [-0.05, 0) is 45.7 Å². The molecule has 0 saturated heterocycles. The number of aryl methyl sites for hydroxylation is 3. The van der Waals surface area contributed by atoms with Crippen molar-refractivity contribution in [2.24, 2.45) is 4.99 Å². The summed E-state index contributed by atoms with van der Waals surface area (Å²) in [7, 11) is 3.35. The molecule has 3 N–H and O–H groups in total. The van der Waals surface area contributed by atoms with Gasteiger partial charge in [0.2, 0.25) is 5.79 Å². The fraction of sp³-hybridized carbons (Fsp3) is 0.423. The molecule has 1 saturated carbocycles. The number of rotatable bonds is 8. The minimum absolute atomic E-state index is 0.319. The van der Waals surface area contributed by atoms with Gasteiger partial charge in [0, 0.05) is 53.9 Å². The maximum Gasteiger partial charge on any atom is 0.231 e. The first kappa shape index (κ1) is 22.7. The van der Waals surface area contributed by atoms with Crippen LogP contribution in [0.2, 0.25) is 0 Å². The monoisotopic (exact) mass is 489 g/mol. The molecule has 2 aliphatic rings. The Bertz CT molecular complexity index is 1460. The van der Waals surface area contributed by atoms with E-state index in [-0.39, 0.29) is 0 Å². The Kier molecular flexibility index (Phi) is 5.29. The summed E-state index contributed by atoms with van der Waals surface area (Å²) in [5.41, 5.74) is 5.75. The largest absolute Gasteiger partial charge is 0.496 e. The van der Waals surface area contributed by atoms with Crippen LogP contribution in [0.4, 0.5) is 11.6 Å². The van der Waals surface area contributed by atoms with Gasteiger partial charge in [0.15, 0.2) is 0 Å². The van der Waals surface area contributed by atoms with Gasteiger partial charge in [-0.2, -0.15) is 5.10 Å². The van der Waals surface area contributed by atoms with E-state index in [4.69, 9.17) is 24.1 Å². The lowest BCUT2D eigenvalue weighted by atomic mass is 10.0. The van der Waals surface area contributed by atoms with Gasteiger partial charge < -0.3 is 29.6 Å². The summed E-state index contributed by atoms with van der Waals surface area (Å²) >= 11 is 0. The van der Waals surface area contributed by atoms with Crippen LogP contribution in [0.1, 0.15) is 48.4 Å². The minimum Gasteiger partial charge on any atom is -0.496 e. The number of nitrogens with one attached hydrogen (secondary N) is 3. The molecule has 4 heterocycles. The molecule has 0 bridgehead atoms. The van der Waals surface area contributed by atoms with Crippen molar-refractivity contribution in [2.75, 3.05) is 31.5 Å². The van der Waals surface area contributed by atoms with Gasteiger partial charge in [0.1, 0.15) is 29.8 Å². The number of hydrogen-bond acceptors (Lipinski definition) is 8. The first-order valence-electron chi connectivity index (χ1n) is 12.3. The molecule has 0 spiro atoms. The molecule has 4 aromatic rings. The fourth-order valence-corrected chi connectivity index (χ4v) is 5.07. The summed E-state index contributed by atoms with van der Waals surface area (Å²) in [5, 5.41) is 17.1. The molecule has 1 aromatic carbocycles. The highest BCUT2D eigenvalue weighted by Gasteiger charge is 2.36. The topological polar surface area (TPSA) is 115 Å². The molecule has 0 radical (unpaired) electrons. The van der Waals surface area contributed by atoms with Crippen molar-refractivity contribution in [2.45, 2.75) is 51.9 Å². The van der Waals surface area contributed by atoms with Crippen LogP contribution in [-0.2, 0) is 11.3 Å². The SMILES string of the molecule is CCn1nc(C2CC2)cc1NC1(COC)N=Cc2c([nH]c3cc(-c4c(C)noc4C)c(OC)cc23)N1. The van der Waals surface area contributed by atoms with Crippen molar-refractivity contribution in [3.05, 3.63) is 40.9 Å². The van der Waals surface area contributed by atoms with E-state index in [1.165, 1.54) is 12.8 Å². The van der Waals surface area contributed by atoms with E-state index < -0.39 is 5.79 Å². The van der Waals surface area contributed by atoms with Crippen LogP contribution in [0.15, 0.2) is 27.7 Å². The lowest BCUT2D eigenvalue weighted by molar-refractivity contribution is 0.157. The Morgan fingerprint density at radius 2 is 2.06 bits per heavy atom. The van der Waals surface area contributed by atoms with E-state index in [9.17, 15) is 0 Å². The van der Waals surface area contributed by atoms with E-state index in [1.807, 2.05) is 30.8 Å². The molecule has 10 nitrogen and oxygen atoms in total. The van der Waals surface area contributed by atoms with Gasteiger partial charge in [-0.25, -0.2) is 9.67 Å². The quantitative estimate of drug-likeness (QED) is 0.326. The Morgan fingerprint density at radius 3 is 2.72 bits per heavy atom. The average molecular weight is 490 g/mol. The highest BCUT2D eigenvalue weighted by Crippen LogP contribution is 2.42. The highest BCUT2D eigenvalue weighted by molar-refractivity contribution is 6.08. The lowest BCUT2D eigenvalue weighted by Crippen LogP contribution is -2.50. The number of hydrogen-bond donors (Lipinski definition) is 3. The molecule has 1 unspecified atom stereocenters. The number of anilines is 2. The van der Waals surface area contributed by atoms with E-state index in [1.54, 1.807) is 14.2 Å². The Balaban J connectivity index is 1.40. The molecule has 0 amide bonds. The number of aliphatic imine (C=N–C) groups is 1.